The molecule has 1 heterocycles. The third kappa shape index (κ3) is 2.66. The van der Waals surface area contributed by atoms with E-state index in [0.717, 1.165) is 16.8 Å². The predicted molar refractivity (Wildman–Crippen MR) is 67.4 cm³/mol. The van der Waals surface area contributed by atoms with Crippen molar-refractivity contribution in [1.29, 1.82) is 0 Å². The number of hydrazine groups is 1. The molecule has 0 saturated heterocycles. The van der Waals surface area contributed by atoms with Crippen LogP contribution in [-0.2, 0) is 22.4 Å². The normalized spacial score (nSPS) is 15.6. The Morgan fingerprint density at radius 1 is 1.44 bits per heavy atom. The van der Waals surface area contributed by atoms with Crippen LogP contribution in [0.25, 0.3) is 0 Å². The number of amides is 2. The van der Waals surface area contributed by atoms with E-state index in [9.17, 15) is 9.59 Å². The van der Waals surface area contributed by atoms with Gasteiger partial charge in [0.1, 0.15) is 0 Å². The molecule has 0 aromatic heterocycles. The molecule has 0 saturated carbocycles. The number of benzene rings is 1. The van der Waals surface area contributed by atoms with Crippen molar-refractivity contribution in [3.05, 3.63) is 29.3 Å². The fourth-order valence-electron chi connectivity index (χ4n) is 2.02. The van der Waals surface area contributed by atoms with Crippen LogP contribution in [0.3, 0.4) is 0 Å². The van der Waals surface area contributed by atoms with Crippen LogP contribution in [0.15, 0.2) is 18.2 Å². The number of nitrogens with two attached hydrogens (primary N) is 2. The Kier molecular flexibility index (Phi) is 3.59. The van der Waals surface area contributed by atoms with E-state index in [4.69, 9.17) is 11.6 Å². The van der Waals surface area contributed by atoms with Crippen LogP contribution >= 0.6 is 0 Å². The summed E-state index contributed by atoms with van der Waals surface area (Å²) >= 11 is 0. The second-order valence-corrected chi connectivity index (χ2v) is 4.36. The Morgan fingerprint density at radius 2 is 2.22 bits per heavy atom. The molecule has 6 nitrogen and oxygen atoms in total. The van der Waals surface area contributed by atoms with Crippen LogP contribution in [0, 0.1) is 0 Å². The molecule has 6 N–H and O–H groups in total. The second-order valence-electron chi connectivity index (χ2n) is 4.36. The van der Waals surface area contributed by atoms with Crippen LogP contribution in [-0.4, -0.2) is 17.9 Å². The quantitative estimate of drug-likeness (QED) is 0.326. The van der Waals surface area contributed by atoms with E-state index in [1.807, 2.05) is 23.6 Å². The smallest absolute Gasteiger partial charge is 0.251 e. The summed E-state index contributed by atoms with van der Waals surface area (Å²) in [6.07, 6.45) is 1.63. The van der Waals surface area contributed by atoms with Crippen molar-refractivity contribution < 1.29 is 9.59 Å². The van der Waals surface area contributed by atoms with Crippen molar-refractivity contribution in [1.82, 2.24) is 5.43 Å². The number of nitrogens with one attached hydrogen (secondary N) is 2. The molecule has 18 heavy (non-hydrogen) atoms. The zero-order valence-corrected chi connectivity index (χ0v) is 9.90. The van der Waals surface area contributed by atoms with Crippen LogP contribution in [0.4, 0.5) is 5.69 Å². The van der Waals surface area contributed by atoms with Crippen molar-refractivity contribution in [2.75, 3.05) is 5.32 Å². The van der Waals surface area contributed by atoms with Crippen LogP contribution in [0.1, 0.15) is 17.5 Å². The second kappa shape index (κ2) is 5.16. The highest BCUT2D eigenvalue weighted by atomic mass is 16.2. The summed E-state index contributed by atoms with van der Waals surface area (Å²) in [6.45, 7) is 0. The van der Waals surface area contributed by atoms with E-state index in [2.05, 4.69) is 5.32 Å². The third-order valence-electron chi connectivity index (χ3n) is 3.00. The molecule has 0 spiro atoms. The minimum Gasteiger partial charge on any atom is -0.326 e. The summed E-state index contributed by atoms with van der Waals surface area (Å²) in [7, 11) is 0. The van der Waals surface area contributed by atoms with Gasteiger partial charge < -0.3 is 11.1 Å². The van der Waals surface area contributed by atoms with Crippen LogP contribution in [0.5, 0.6) is 0 Å². The Bertz CT molecular complexity index is 487. The van der Waals surface area contributed by atoms with E-state index in [1.165, 1.54) is 0 Å². The monoisotopic (exact) mass is 248 g/mol. The molecule has 1 aromatic rings. The lowest BCUT2D eigenvalue weighted by atomic mass is 9.97. The summed E-state index contributed by atoms with van der Waals surface area (Å²) in [6, 6.07) is 5.01. The van der Waals surface area contributed by atoms with Crippen molar-refractivity contribution in [3.8, 4) is 0 Å². The molecule has 0 aliphatic carbocycles. The Labute approximate surface area is 105 Å². The third-order valence-corrected chi connectivity index (χ3v) is 3.00. The summed E-state index contributed by atoms with van der Waals surface area (Å²) in [5, 5.41) is 2.80. The number of hydrogen-bond donors (Lipinski definition) is 4. The van der Waals surface area contributed by atoms with E-state index in [1.54, 1.807) is 0 Å². The van der Waals surface area contributed by atoms with Crippen molar-refractivity contribution in [2.45, 2.75) is 25.3 Å². The first-order valence-electron chi connectivity index (χ1n) is 5.78. The van der Waals surface area contributed by atoms with Gasteiger partial charge in [-0.2, -0.15) is 0 Å². The summed E-state index contributed by atoms with van der Waals surface area (Å²) < 4.78 is 0. The summed E-state index contributed by atoms with van der Waals surface area (Å²) in [5.41, 5.74) is 10.6. The fourth-order valence-corrected chi connectivity index (χ4v) is 2.02. The minimum absolute atomic E-state index is 0.0365. The lowest BCUT2D eigenvalue weighted by Gasteiger charge is -2.18. The molecule has 1 aromatic carbocycles. The lowest BCUT2D eigenvalue weighted by Crippen LogP contribution is -2.45. The summed E-state index contributed by atoms with van der Waals surface area (Å²) in [4.78, 5) is 22.4. The van der Waals surface area contributed by atoms with Gasteiger partial charge in [-0.3, -0.25) is 15.0 Å². The number of rotatable bonds is 3. The first-order chi connectivity index (χ1) is 8.60. The van der Waals surface area contributed by atoms with E-state index >= 15 is 0 Å². The number of aryl methyl sites for hydroxylation is 1. The molecule has 0 bridgehead atoms. The van der Waals surface area contributed by atoms with Gasteiger partial charge in [-0.1, -0.05) is 12.1 Å². The molecule has 1 atom stereocenters. The molecule has 2 rings (SSSR count). The number of fused-ring (bicyclic) bond motifs is 1. The van der Waals surface area contributed by atoms with Gasteiger partial charge >= 0.3 is 0 Å². The van der Waals surface area contributed by atoms with Gasteiger partial charge in [0.25, 0.3) is 5.91 Å². The molecule has 6 heteroatoms. The molecule has 1 unspecified atom stereocenters. The van der Waals surface area contributed by atoms with Crippen molar-refractivity contribution >= 4 is 17.5 Å². The first-order valence-corrected chi connectivity index (χ1v) is 5.78. The molecule has 1 aliphatic heterocycles. The maximum atomic E-state index is 11.2. The van der Waals surface area contributed by atoms with Gasteiger partial charge in [-0.05, 0) is 30.0 Å². The van der Waals surface area contributed by atoms with Crippen molar-refractivity contribution in [2.24, 2.45) is 11.6 Å². The first kappa shape index (κ1) is 12.5. The molecule has 0 radical (unpaired) electrons. The fraction of sp³-hybridized carbons (Fsp3) is 0.333. The van der Waals surface area contributed by atoms with E-state index in [-0.39, 0.29) is 11.8 Å². The topological polar surface area (TPSA) is 110 Å². The van der Waals surface area contributed by atoms with Crippen molar-refractivity contribution in [3.63, 3.8) is 0 Å². The molecular weight excluding hydrogens is 232 g/mol. The Hall–Kier alpha value is -1.92. The summed E-state index contributed by atoms with van der Waals surface area (Å²) in [5.74, 6) is 4.67. The highest BCUT2D eigenvalue weighted by Crippen LogP contribution is 2.23. The lowest BCUT2D eigenvalue weighted by molar-refractivity contribution is -0.122. The van der Waals surface area contributed by atoms with E-state index in [0.29, 0.717) is 19.3 Å². The molecule has 0 fully saturated rings. The average molecular weight is 248 g/mol. The van der Waals surface area contributed by atoms with Gasteiger partial charge in [0.15, 0.2) is 0 Å². The predicted octanol–water partition coefficient (Wildman–Crippen LogP) is -0.569. The average Bonchev–Trinajstić information content (AvgIpc) is 2.38. The van der Waals surface area contributed by atoms with E-state index < -0.39 is 6.04 Å². The number of hydrogen-bond acceptors (Lipinski definition) is 4. The zero-order chi connectivity index (χ0) is 13.1. The minimum atomic E-state index is -0.661. The van der Waals surface area contributed by atoms with Gasteiger partial charge in [0.2, 0.25) is 5.91 Å². The van der Waals surface area contributed by atoms with Crippen LogP contribution < -0.4 is 22.3 Å². The van der Waals surface area contributed by atoms with Gasteiger partial charge in [-0.15, -0.1) is 0 Å². The molecule has 96 valence electrons. The van der Waals surface area contributed by atoms with Gasteiger partial charge in [0.05, 0.1) is 6.04 Å². The maximum absolute atomic E-state index is 11.2. The molecular formula is C12H16N4O2. The SMILES string of the molecule is NNC(=O)C(N)Cc1ccc2c(c1)CCC(=O)N2. The Morgan fingerprint density at radius 3 is 2.94 bits per heavy atom. The highest BCUT2D eigenvalue weighted by Gasteiger charge is 2.17. The number of carbonyl (C=O) groups excluding carboxylic acids is 2. The van der Waals surface area contributed by atoms with Crippen LogP contribution in [0.2, 0.25) is 0 Å². The number of anilines is 1. The maximum Gasteiger partial charge on any atom is 0.251 e. The number of carbonyl (C=O) groups is 2. The zero-order valence-electron chi connectivity index (χ0n) is 9.90. The van der Waals surface area contributed by atoms with Gasteiger partial charge in [0, 0.05) is 12.1 Å². The Balaban J connectivity index is 2.12. The molecule has 1 aliphatic rings. The largest absolute Gasteiger partial charge is 0.326 e. The van der Waals surface area contributed by atoms with Gasteiger partial charge in [-0.25, -0.2) is 5.84 Å². The highest BCUT2D eigenvalue weighted by molar-refractivity contribution is 5.93. The molecule has 2 amide bonds. The standard InChI is InChI=1S/C12H16N4O2/c13-9(12(18)16-14)6-7-1-3-10-8(5-7)2-4-11(17)15-10/h1,3,5,9H,2,4,6,13-14H2,(H,15,17)(H,16,18).